The molecule has 130 valence electrons. The lowest BCUT2D eigenvalue weighted by molar-refractivity contribution is -0.157. The molecule has 0 bridgehead atoms. The topological polar surface area (TPSA) is 65.8 Å². The van der Waals surface area contributed by atoms with Gasteiger partial charge in [0.05, 0.1) is 12.8 Å². The molecule has 1 amide bonds. The summed E-state index contributed by atoms with van der Waals surface area (Å²) in [6, 6.07) is 11.3. The van der Waals surface area contributed by atoms with Gasteiger partial charge in [-0.2, -0.15) is 23.3 Å². The molecule has 1 N–H and O–H groups in total. The number of aliphatic hydroxyl groups is 1. The molecule has 0 spiro atoms. The summed E-state index contributed by atoms with van der Waals surface area (Å²) in [4.78, 5) is 16.3. The van der Waals surface area contributed by atoms with Gasteiger partial charge in [-0.1, -0.05) is 30.3 Å². The lowest BCUT2D eigenvalue weighted by atomic mass is 9.97. The van der Waals surface area contributed by atoms with Gasteiger partial charge in [-0.25, -0.2) is 0 Å². The Morgan fingerprint density at radius 2 is 1.80 bits per heavy atom. The van der Waals surface area contributed by atoms with Gasteiger partial charge in [0.15, 0.2) is 5.72 Å². The maximum absolute atomic E-state index is 13.1. The van der Waals surface area contributed by atoms with Crippen LogP contribution in [0.2, 0.25) is 0 Å². The molecule has 0 aliphatic carbocycles. The molecule has 1 aromatic heterocycles. The van der Waals surface area contributed by atoms with Gasteiger partial charge in [-0.3, -0.25) is 9.78 Å². The Morgan fingerprint density at radius 3 is 2.40 bits per heavy atom. The summed E-state index contributed by atoms with van der Waals surface area (Å²) >= 11 is 0. The predicted octanol–water partition coefficient (Wildman–Crippen LogP) is 2.62. The smallest absolute Gasteiger partial charge is 0.365 e. The van der Waals surface area contributed by atoms with Crippen LogP contribution in [0.25, 0.3) is 0 Å². The monoisotopic (exact) mass is 349 g/mol. The number of carbonyl (C=O) groups excluding carboxylic acids is 1. The van der Waals surface area contributed by atoms with Gasteiger partial charge in [-0.15, -0.1) is 0 Å². The van der Waals surface area contributed by atoms with Gasteiger partial charge >= 0.3 is 6.18 Å². The lowest BCUT2D eigenvalue weighted by Crippen LogP contribution is -2.44. The first-order valence-corrected chi connectivity index (χ1v) is 7.45. The highest BCUT2D eigenvalue weighted by molar-refractivity contribution is 5.94. The molecule has 5 nitrogen and oxygen atoms in total. The van der Waals surface area contributed by atoms with E-state index >= 15 is 0 Å². The van der Waals surface area contributed by atoms with Gasteiger partial charge in [-0.05, 0) is 17.7 Å². The molecule has 1 aromatic carbocycles. The van der Waals surface area contributed by atoms with Crippen molar-refractivity contribution < 1.29 is 23.1 Å². The Kier molecular flexibility index (Phi) is 4.30. The number of aromatic nitrogens is 1. The van der Waals surface area contributed by atoms with E-state index in [1.807, 2.05) is 0 Å². The van der Waals surface area contributed by atoms with E-state index in [4.69, 9.17) is 0 Å². The average Bonchev–Trinajstić information content (AvgIpc) is 2.96. The lowest BCUT2D eigenvalue weighted by Gasteiger charge is -2.31. The first kappa shape index (κ1) is 17.1. The fourth-order valence-electron chi connectivity index (χ4n) is 2.65. The van der Waals surface area contributed by atoms with E-state index in [1.165, 1.54) is 24.5 Å². The van der Waals surface area contributed by atoms with Crippen LogP contribution in [0.3, 0.4) is 0 Å². The number of amides is 1. The summed E-state index contributed by atoms with van der Waals surface area (Å²) in [6.07, 6.45) is -3.08. The summed E-state index contributed by atoms with van der Waals surface area (Å²) in [5.74, 6) is -0.732. The van der Waals surface area contributed by atoms with E-state index < -0.39 is 29.9 Å². The zero-order valence-corrected chi connectivity index (χ0v) is 12.9. The molecular formula is C17H14F3N3O2. The third kappa shape index (κ3) is 3.39. The van der Waals surface area contributed by atoms with Crippen molar-refractivity contribution in [1.29, 1.82) is 0 Å². The van der Waals surface area contributed by atoms with E-state index in [0.29, 0.717) is 10.6 Å². The van der Waals surface area contributed by atoms with Crippen LogP contribution in [0.4, 0.5) is 13.2 Å². The van der Waals surface area contributed by atoms with Gasteiger partial charge in [0.1, 0.15) is 5.71 Å². The van der Waals surface area contributed by atoms with Crippen LogP contribution in [-0.4, -0.2) is 32.9 Å². The Labute approximate surface area is 141 Å². The SMILES string of the molecule is O=C(Cc1ccccc1)N1N=C(C(F)(F)F)C[C@]1(O)c1ccncc1. The van der Waals surface area contributed by atoms with Crippen molar-refractivity contribution >= 4 is 11.6 Å². The molecule has 1 atom stereocenters. The number of halogens is 3. The fraction of sp³-hybridized carbons (Fsp3) is 0.235. The zero-order chi connectivity index (χ0) is 18.1. The second-order valence-corrected chi connectivity index (χ2v) is 5.64. The minimum atomic E-state index is -4.73. The first-order chi connectivity index (χ1) is 11.8. The van der Waals surface area contributed by atoms with Crippen molar-refractivity contribution in [1.82, 2.24) is 9.99 Å². The van der Waals surface area contributed by atoms with E-state index in [9.17, 15) is 23.1 Å². The summed E-state index contributed by atoms with van der Waals surface area (Å²) in [7, 11) is 0. The normalized spacial score (nSPS) is 20.5. The second kappa shape index (κ2) is 6.29. The molecule has 0 unspecified atom stereocenters. The molecule has 2 aromatic rings. The van der Waals surface area contributed by atoms with Crippen LogP contribution >= 0.6 is 0 Å². The van der Waals surface area contributed by atoms with Crippen molar-refractivity contribution in [2.75, 3.05) is 0 Å². The Bertz CT molecular complexity index is 794. The fourth-order valence-corrected chi connectivity index (χ4v) is 2.65. The van der Waals surface area contributed by atoms with Crippen LogP contribution in [0.1, 0.15) is 17.5 Å². The standard InChI is InChI=1S/C17H14F3N3O2/c18-17(19,20)14-11-16(25,13-6-8-21-9-7-13)23(22-14)15(24)10-12-4-2-1-3-5-12/h1-9,25H,10-11H2/t16-/m0/s1. The van der Waals surface area contributed by atoms with Crippen LogP contribution < -0.4 is 0 Å². The second-order valence-electron chi connectivity index (χ2n) is 5.64. The summed E-state index contributed by atoms with van der Waals surface area (Å²) in [5.41, 5.74) is -2.67. The molecule has 8 heteroatoms. The minimum absolute atomic E-state index is 0.118. The molecule has 0 radical (unpaired) electrons. The van der Waals surface area contributed by atoms with Gasteiger partial charge in [0.25, 0.3) is 0 Å². The number of pyridine rings is 1. The van der Waals surface area contributed by atoms with E-state index in [1.54, 1.807) is 30.3 Å². The maximum atomic E-state index is 13.1. The first-order valence-electron chi connectivity index (χ1n) is 7.45. The number of hydrazone groups is 1. The number of benzene rings is 1. The number of alkyl halides is 3. The van der Waals surface area contributed by atoms with Crippen LogP contribution in [0.5, 0.6) is 0 Å². The number of hydrogen-bond donors (Lipinski definition) is 1. The number of hydrogen-bond acceptors (Lipinski definition) is 4. The van der Waals surface area contributed by atoms with Crippen LogP contribution in [0, 0.1) is 0 Å². The molecular weight excluding hydrogens is 335 g/mol. The maximum Gasteiger partial charge on any atom is 0.431 e. The highest BCUT2D eigenvalue weighted by Crippen LogP contribution is 2.39. The van der Waals surface area contributed by atoms with Gasteiger partial charge in [0.2, 0.25) is 5.91 Å². The molecule has 3 rings (SSSR count). The highest BCUT2D eigenvalue weighted by atomic mass is 19.4. The van der Waals surface area contributed by atoms with Crippen LogP contribution in [0.15, 0.2) is 60.0 Å². The third-order valence-corrected chi connectivity index (χ3v) is 3.89. The van der Waals surface area contributed by atoms with E-state index in [0.717, 1.165) is 0 Å². The van der Waals surface area contributed by atoms with Crippen LogP contribution in [-0.2, 0) is 16.9 Å². The van der Waals surface area contributed by atoms with Gasteiger partial charge < -0.3 is 5.11 Å². The molecule has 1 aliphatic heterocycles. The molecule has 1 aliphatic rings. The van der Waals surface area contributed by atoms with Crippen molar-refractivity contribution in [3.05, 3.63) is 66.0 Å². The highest BCUT2D eigenvalue weighted by Gasteiger charge is 2.52. The summed E-state index contributed by atoms with van der Waals surface area (Å²) < 4.78 is 39.3. The predicted molar refractivity (Wildman–Crippen MR) is 83.2 cm³/mol. The number of carbonyl (C=O) groups is 1. The van der Waals surface area contributed by atoms with Gasteiger partial charge in [0, 0.05) is 18.0 Å². The molecule has 2 heterocycles. The summed E-state index contributed by atoms with van der Waals surface area (Å²) in [6.45, 7) is 0. The Morgan fingerprint density at radius 1 is 1.16 bits per heavy atom. The average molecular weight is 349 g/mol. The molecule has 25 heavy (non-hydrogen) atoms. The Hall–Kier alpha value is -2.74. The Balaban J connectivity index is 1.96. The van der Waals surface area contributed by atoms with Crippen molar-refractivity contribution in [3.63, 3.8) is 0 Å². The van der Waals surface area contributed by atoms with Crippen molar-refractivity contribution in [2.24, 2.45) is 5.10 Å². The zero-order valence-electron chi connectivity index (χ0n) is 12.9. The van der Waals surface area contributed by atoms with Crippen molar-refractivity contribution in [3.8, 4) is 0 Å². The minimum Gasteiger partial charge on any atom is -0.365 e. The number of rotatable bonds is 3. The van der Waals surface area contributed by atoms with Crippen molar-refractivity contribution in [2.45, 2.75) is 24.7 Å². The third-order valence-electron chi connectivity index (χ3n) is 3.89. The van der Waals surface area contributed by atoms with E-state index in [-0.39, 0.29) is 12.0 Å². The largest absolute Gasteiger partial charge is 0.431 e. The summed E-state index contributed by atoms with van der Waals surface area (Å²) in [5, 5.41) is 14.8. The molecule has 0 saturated heterocycles. The molecule has 0 fully saturated rings. The number of nitrogens with zero attached hydrogens (tertiary/aromatic N) is 3. The quantitative estimate of drug-likeness (QED) is 0.926. The van der Waals surface area contributed by atoms with E-state index in [2.05, 4.69) is 10.1 Å². The molecule has 0 saturated carbocycles.